The van der Waals surface area contributed by atoms with Gasteiger partial charge in [0.25, 0.3) is 0 Å². The third kappa shape index (κ3) is 2.95. The summed E-state index contributed by atoms with van der Waals surface area (Å²) in [6, 6.07) is 13.9. The lowest BCUT2D eigenvalue weighted by atomic mass is 10.2. The molecule has 0 N–H and O–H groups in total. The van der Waals surface area contributed by atoms with Crippen LogP contribution in [0, 0.1) is 5.82 Å². The molecule has 150 valence electrons. The second kappa shape index (κ2) is 7.18. The molecule has 0 aliphatic heterocycles. The molecule has 8 nitrogen and oxygen atoms in total. The van der Waals surface area contributed by atoms with Crippen molar-refractivity contribution in [3.8, 4) is 17.1 Å². The summed E-state index contributed by atoms with van der Waals surface area (Å²) in [4.78, 5) is 4.81. The van der Waals surface area contributed by atoms with E-state index in [0.29, 0.717) is 35.6 Å². The van der Waals surface area contributed by atoms with Crippen LogP contribution in [0.4, 0.5) is 4.39 Å². The van der Waals surface area contributed by atoms with Crippen LogP contribution in [0.1, 0.15) is 18.3 Å². The van der Waals surface area contributed by atoms with Crippen molar-refractivity contribution in [1.82, 2.24) is 34.6 Å². The van der Waals surface area contributed by atoms with Crippen molar-refractivity contribution in [2.45, 2.75) is 19.9 Å². The van der Waals surface area contributed by atoms with E-state index in [2.05, 4.69) is 20.5 Å². The predicted octanol–water partition coefficient (Wildman–Crippen LogP) is 3.29. The Morgan fingerprint density at radius 3 is 2.40 bits per heavy atom. The van der Waals surface area contributed by atoms with Crippen LogP contribution in [0.3, 0.4) is 0 Å². The van der Waals surface area contributed by atoms with E-state index in [-0.39, 0.29) is 5.82 Å². The number of aromatic nitrogens is 7. The molecule has 0 amide bonds. The Morgan fingerprint density at radius 2 is 1.70 bits per heavy atom. The quantitative estimate of drug-likeness (QED) is 0.448. The number of ether oxygens (including phenoxy) is 1. The first-order valence-electron chi connectivity index (χ1n) is 9.54. The highest BCUT2D eigenvalue weighted by molar-refractivity contribution is 5.86. The van der Waals surface area contributed by atoms with E-state index in [1.165, 1.54) is 12.1 Å². The maximum Gasteiger partial charge on any atom is 0.194 e. The molecule has 0 aliphatic rings. The molecular formula is C21H18FN7O. The summed E-state index contributed by atoms with van der Waals surface area (Å²) in [7, 11) is 1.63. The lowest BCUT2D eigenvalue weighted by molar-refractivity contribution is 0.415. The van der Waals surface area contributed by atoms with E-state index in [1.807, 2.05) is 35.6 Å². The molecule has 0 spiro atoms. The van der Waals surface area contributed by atoms with E-state index >= 15 is 0 Å². The number of rotatable bonds is 5. The van der Waals surface area contributed by atoms with Gasteiger partial charge in [-0.1, -0.05) is 24.3 Å². The van der Waals surface area contributed by atoms with Gasteiger partial charge in [0.15, 0.2) is 22.6 Å². The van der Waals surface area contributed by atoms with Gasteiger partial charge in [0.1, 0.15) is 17.4 Å². The summed E-state index contributed by atoms with van der Waals surface area (Å²) in [5, 5.41) is 17.3. The van der Waals surface area contributed by atoms with Crippen LogP contribution in [0.25, 0.3) is 28.2 Å². The van der Waals surface area contributed by atoms with Crippen molar-refractivity contribution in [3.63, 3.8) is 0 Å². The Morgan fingerprint density at radius 1 is 0.933 bits per heavy atom. The SMILES string of the molecule is CCc1nc2c(nnn2Cc2ccc(F)cc2)c2nnc(-c3ccc(OC)cc3)n12. The van der Waals surface area contributed by atoms with Crippen LogP contribution in [-0.4, -0.2) is 41.7 Å². The standard InChI is InChI=1S/C21H18FN7O/c1-3-17-23-20-18(24-27-28(20)12-13-4-8-15(22)9-5-13)21-26-25-19(29(17)21)14-6-10-16(30-2)11-7-14/h4-11H,3,12H2,1-2H3. The summed E-state index contributed by atoms with van der Waals surface area (Å²) in [6.45, 7) is 2.46. The lowest BCUT2D eigenvalue weighted by Gasteiger charge is -2.07. The fourth-order valence-corrected chi connectivity index (χ4v) is 3.45. The van der Waals surface area contributed by atoms with Crippen molar-refractivity contribution in [2.24, 2.45) is 0 Å². The highest BCUT2D eigenvalue weighted by atomic mass is 19.1. The molecule has 30 heavy (non-hydrogen) atoms. The fourth-order valence-electron chi connectivity index (χ4n) is 3.45. The van der Waals surface area contributed by atoms with Gasteiger partial charge in [-0.3, -0.25) is 4.40 Å². The number of benzene rings is 2. The van der Waals surface area contributed by atoms with Gasteiger partial charge >= 0.3 is 0 Å². The van der Waals surface area contributed by atoms with Crippen LogP contribution in [0.15, 0.2) is 48.5 Å². The van der Waals surface area contributed by atoms with Crippen LogP contribution in [0.2, 0.25) is 0 Å². The van der Waals surface area contributed by atoms with Crippen LogP contribution < -0.4 is 4.74 Å². The normalized spacial score (nSPS) is 11.4. The maximum atomic E-state index is 13.2. The van der Waals surface area contributed by atoms with Crippen molar-refractivity contribution in [1.29, 1.82) is 0 Å². The molecule has 5 rings (SSSR count). The highest BCUT2D eigenvalue weighted by Gasteiger charge is 2.19. The van der Waals surface area contributed by atoms with Gasteiger partial charge in [-0.15, -0.1) is 15.3 Å². The zero-order chi connectivity index (χ0) is 20.7. The average molecular weight is 403 g/mol. The van der Waals surface area contributed by atoms with Gasteiger partial charge in [0.05, 0.1) is 13.7 Å². The third-order valence-electron chi connectivity index (χ3n) is 4.99. The molecule has 3 heterocycles. The lowest BCUT2D eigenvalue weighted by Crippen LogP contribution is -2.07. The van der Waals surface area contributed by atoms with Crippen molar-refractivity contribution in [3.05, 3.63) is 65.7 Å². The average Bonchev–Trinajstić information content (AvgIpc) is 3.39. The van der Waals surface area contributed by atoms with Crippen molar-refractivity contribution >= 4 is 16.8 Å². The molecule has 0 unspecified atom stereocenters. The molecule has 0 saturated heterocycles. The molecule has 2 aromatic carbocycles. The molecule has 0 atom stereocenters. The van der Waals surface area contributed by atoms with Gasteiger partial charge in [-0.2, -0.15) is 0 Å². The molecular weight excluding hydrogens is 385 g/mol. The second-order valence-corrected chi connectivity index (χ2v) is 6.84. The summed E-state index contributed by atoms with van der Waals surface area (Å²) >= 11 is 0. The van der Waals surface area contributed by atoms with E-state index in [1.54, 1.807) is 23.9 Å². The smallest absolute Gasteiger partial charge is 0.194 e. The van der Waals surface area contributed by atoms with Crippen LogP contribution in [-0.2, 0) is 13.0 Å². The predicted molar refractivity (Wildman–Crippen MR) is 109 cm³/mol. The van der Waals surface area contributed by atoms with E-state index in [0.717, 1.165) is 22.7 Å². The van der Waals surface area contributed by atoms with E-state index in [9.17, 15) is 4.39 Å². The zero-order valence-electron chi connectivity index (χ0n) is 16.4. The second-order valence-electron chi connectivity index (χ2n) is 6.84. The Labute approximate surface area is 171 Å². The number of nitrogens with zero attached hydrogens (tertiary/aromatic N) is 7. The topological polar surface area (TPSA) is 83.0 Å². The number of aryl methyl sites for hydroxylation is 1. The van der Waals surface area contributed by atoms with Crippen LogP contribution >= 0.6 is 0 Å². The highest BCUT2D eigenvalue weighted by Crippen LogP contribution is 2.25. The van der Waals surface area contributed by atoms with Gasteiger partial charge in [0.2, 0.25) is 0 Å². The molecule has 9 heteroatoms. The first-order valence-corrected chi connectivity index (χ1v) is 9.54. The number of hydrogen-bond acceptors (Lipinski definition) is 6. The first kappa shape index (κ1) is 18.2. The zero-order valence-corrected chi connectivity index (χ0v) is 16.4. The summed E-state index contributed by atoms with van der Waals surface area (Å²) in [6.07, 6.45) is 0.676. The summed E-state index contributed by atoms with van der Waals surface area (Å²) in [5.74, 6) is 1.99. The fraction of sp³-hybridized carbons (Fsp3) is 0.190. The molecule has 0 saturated carbocycles. The van der Waals surface area contributed by atoms with Crippen molar-refractivity contribution < 1.29 is 9.13 Å². The van der Waals surface area contributed by atoms with E-state index < -0.39 is 0 Å². The van der Waals surface area contributed by atoms with Gasteiger partial charge in [0, 0.05) is 12.0 Å². The van der Waals surface area contributed by atoms with E-state index in [4.69, 9.17) is 9.72 Å². The molecule has 0 bridgehead atoms. The number of methoxy groups -OCH3 is 1. The minimum absolute atomic E-state index is 0.273. The largest absolute Gasteiger partial charge is 0.497 e. The molecule has 5 aromatic rings. The number of fused-ring (bicyclic) bond motifs is 3. The van der Waals surface area contributed by atoms with Crippen molar-refractivity contribution in [2.75, 3.05) is 7.11 Å². The van der Waals surface area contributed by atoms with Gasteiger partial charge in [-0.05, 0) is 42.0 Å². The van der Waals surface area contributed by atoms with Gasteiger partial charge < -0.3 is 4.74 Å². The Balaban J connectivity index is 1.64. The molecule has 0 fully saturated rings. The number of hydrogen-bond donors (Lipinski definition) is 0. The third-order valence-corrected chi connectivity index (χ3v) is 4.99. The van der Waals surface area contributed by atoms with Gasteiger partial charge in [-0.25, -0.2) is 14.1 Å². The van der Waals surface area contributed by atoms with Crippen LogP contribution in [0.5, 0.6) is 5.75 Å². The summed E-state index contributed by atoms with van der Waals surface area (Å²) < 4.78 is 22.1. The monoisotopic (exact) mass is 403 g/mol. The number of halogens is 1. The molecule has 0 aliphatic carbocycles. The maximum absolute atomic E-state index is 13.2. The Bertz CT molecular complexity index is 1340. The Hall–Kier alpha value is -3.88. The minimum atomic E-state index is -0.273. The Kier molecular flexibility index (Phi) is 4.35. The summed E-state index contributed by atoms with van der Waals surface area (Å²) in [5.41, 5.74) is 3.60. The molecule has 3 aromatic heterocycles. The minimum Gasteiger partial charge on any atom is -0.497 e. The molecule has 0 radical (unpaired) electrons. The first-order chi connectivity index (χ1) is 14.7.